The number of ketones is 1. The van der Waals surface area contributed by atoms with Gasteiger partial charge in [-0.2, -0.15) is 0 Å². The summed E-state index contributed by atoms with van der Waals surface area (Å²) in [4.78, 5) is 11.8. The number of Topliss-reactive ketones (excluding diaryl/α,β-unsaturated/α-hetero) is 1. The summed E-state index contributed by atoms with van der Waals surface area (Å²) in [6.45, 7) is 4.13. The average Bonchev–Trinajstić information content (AvgIpc) is 2.31. The van der Waals surface area contributed by atoms with Crippen LogP contribution in [0.4, 0.5) is 4.39 Å². The van der Waals surface area contributed by atoms with Gasteiger partial charge in [0.05, 0.1) is 0 Å². The first-order valence-electron chi connectivity index (χ1n) is 6.03. The first-order valence-corrected chi connectivity index (χ1v) is 6.40. The van der Waals surface area contributed by atoms with Gasteiger partial charge in [0.15, 0.2) is 0 Å². The van der Waals surface area contributed by atoms with Crippen molar-refractivity contribution in [2.45, 2.75) is 39.5 Å². The maximum absolute atomic E-state index is 13.5. The second-order valence-electron chi connectivity index (χ2n) is 4.30. The van der Waals surface area contributed by atoms with Crippen LogP contribution < -0.4 is 0 Å². The molecule has 1 nitrogen and oxygen atoms in total. The van der Waals surface area contributed by atoms with Gasteiger partial charge in [-0.1, -0.05) is 44.4 Å². The summed E-state index contributed by atoms with van der Waals surface area (Å²) in [5.74, 6) is 0.0640. The Morgan fingerprint density at radius 3 is 2.53 bits per heavy atom. The van der Waals surface area contributed by atoms with Crippen molar-refractivity contribution in [3.05, 3.63) is 34.6 Å². The van der Waals surface area contributed by atoms with Crippen LogP contribution in [-0.4, -0.2) is 5.78 Å². The highest BCUT2D eigenvalue weighted by Gasteiger charge is 2.15. The molecule has 1 aromatic rings. The normalized spacial score (nSPS) is 10.9. The Bertz CT molecular complexity index is 366. The Balaban J connectivity index is 2.68. The van der Waals surface area contributed by atoms with E-state index in [4.69, 9.17) is 11.6 Å². The molecule has 0 aliphatic heterocycles. The van der Waals surface area contributed by atoms with Crippen LogP contribution in [0.25, 0.3) is 0 Å². The van der Waals surface area contributed by atoms with Crippen LogP contribution in [0.1, 0.15) is 38.7 Å². The molecule has 0 aliphatic carbocycles. The summed E-state index contributed by atoms with van der Waals surface area (Å²) >= 11 is 5.89. The van der Waals surface area contributed by atoms with Crippen molar-refractivity contribution in [3.63, 3.8) is 0 Å². The monoisotopic (exact) mass is 256 g/mol. The van der Waals surface area contributed by atoms with E-state index in [0.29, 0.717) is 22.9 Å². The van der Waals surface area contributed by atoms with E-state index in [9.17, 15) is 9.18 Å². The van der Waals surface area contributed by atoms with Crippen LogP contribution in [0.15, 0.2) is 18.2 Å². The van der Waals surface area contributed by atoms with Crippen molar-refractivity contribution in [1.82, 2.24) is 0 Å². The summed E-state index contributed by atoms with van der Waals surface area (Å²) < 4.78 is 13.5. The van der Waals surface area contributed by atoms with Crippen molar-refractivity contribution in [2.75, 3.05) is 0 Å². The Morgan fingerprint density at radius 1 is 1.35 bits per heavy atom. The average molecular weight is 257 g/mol. The van der Waals surface area contributed by atoms with E-state index in [1.165, 1.54) is 6.07 Å². The van der Waals surface area contributed by atoms with Gasteiger partial charge < -0.3 is 0 Å². The molecule has 0 saturated carbocycles. The molecule has 94 valence electrons. The lowest BCUT2D eigenvalue weighted by Gasteiger charge is -2.11. The second kappa shape index (κ2) is 6.75. The lowest BCUT2D eigenvalue weighted by Crippen LogP contribution is -2.11. The fraction of sp³-hybridized carbons (Fsp3) is 0.500. The molecular weight excluding hydrogens is 239 g/mol. The highest BCUT2D eigenvalue weighted by molar-refractivity contribution is 6.31. The molecule has 0 N–H and O–H groups in total. The smallest absolute Gasteiger partial charge is 0.137 e. The summed E-state index contributed by atoms with van der Waals surface area (Å²) in [5, 5.41) is 0.336. The molecule has 0 atom stereocenters. The maximum atomic E-state index is 13.5. The van der Waals surface area contributed by atoms with Gasteiger partial charge in [-0.15, -0.1) is 0 Å². The van der Waals surface area contributed by atoms with Crippen molar-refractivity contribution in [1.29, 1.82) is 0 Å². The van der Waals surface area contributed by atoms with Crippen molar-refractivity contribution in [2.24, 2.45) is 5.92 Å². The fourth-order valence-electron chi connectivity index (χ4n) is 1.87. The third kappa shape index (κ3) is 4.12. The molecule has 17 heavy (non-hydrogen) atoms. The van der Waals surface area contributed by atoms with E-state index in [-0.39, 0.29) is 12.2 Å². The summed E-state index contributed by atoms with van der Waals surface area (Å²) in [6.07, 6.45) is 2.57. The van der Waals surface area contributed by atoms with Crippen LogP contribution in [0.5, 0.6) is 0 Å². The van der Waals surface area contributed by atoms with Gasteiger partial charge in [-0.3, -0.25) is 4.79 Å². The maximum Gasteiger partial charge on any atom is 0.137 e. The zero-order valence-corrected chi connectivity index (χ0v) is 11.1. The van der Waals surface area contributed by atoms with E-state index in [2.05, 4.69) is 13.8 Å². The summed E-state index contributed by atoms with van der Waals surface area (Å²) in [7, 11) is 0. The minimum absolute atomic E-state index is 0.0608. The number of hydrogen-bond acceptors (Lipinski definition) is 1. The van der Waals surface area contributed by atoms with Crippen molar-refractivity contribution < 1.29 is 9.18 Å². The molecular formula is C14H18ClFO. The number of halogens is 2. The van der Waals surface area contributed by atoms with Gasteiger partial charge in [0.1, 0.15) is 11.6 Å². The third-order valence-electron chi connectivity index (χ3n) is 3.11. The molecule has 0 saturated heterocycles. The molecule has 0 aliphatic rings. The quantitative estimate of drug-likeness (QED) is 0.737. The predicted molar refractivity (Wildman–Crippen MR) is 68.8 cm³/mol. The highest BCUT2D eigenvalue weighted by atomic mass is 35.5. The number of hydrogen-bond donors (Lipinski definition) is 0. The van der Waals surface area contributed by atoms with Gasteiger partial charge in [-0.25, -0.2) is 4.39 Å². The Kier molecular flexibility index (Phi) is 5.63. The lowest BCUT2D eigenvalue weighted by atomic mass is 9.94. The van der Waals surface area contributed by atoms with Gasteiger partial charge in [0, 0.05) is 23.4 Å². The zero-order valence-electron chi connectivity index (χ0n) is 10.3. The highest BCUT2D eigenvalue weighted by Crippen LogP contribution is 2.21. The molecule has 0 radical (unpaired) electrons. The van der Waals surface area contributed by atoms with Crippen LogP contribution in [0.2, 0.25) is 5.02 Å². The molecule has 0 spiro atoms. The molecule has 3 heteroatoms. The Morgan fingerprint density at radius 2 is 2.00 bits per heavy atom. The molecule has 0 heterocycles. The third-order valence-corrected chi connectivity index (χ3v) is 3.46. The largest absolute Gasteiger partial charge is 0.299 e. The standard InChI is InChI=1S/C14H18ClFO/c1-3-10(4-2)8-11(17)9-12-13(15)6-5-7-14(12)16/h5-7,10H,3-4,8-9H2,1-2H3. The minimum atomic E-state index is -0.393. The van der Waals surface area contributed by atoms with Gasteiger partial charge in [-0.05, 0) is 18.1 Å². The minimum Gasteiger partial charge on any atom is -0.299 e. The van der Waals surface area contributed by atoms with Crippen LogP contribution in [0, 0.1) is 11.7 Å². The first kappa shape index (κ1) is 14.2. The molecule has 0 amide bonds. The number of carbonyl (C=O) groups is 1. The van der Waals surface area contributed by atoms with Gasteiger partial charge in [0.2, 0.25) is 0 Å². The van der Waals surface area contributed by atoms with E-state index in [1.807, 2.05) is 0 Å². The number of carbonyl (C=O) groups excluding carboxylic acids is 1. The SMILES string of the molecule is CCC(CC)CC(=O)Cc1c(F)cccc1Cl. The predicted octanol–water partition coefficient (Wildman–Crippen LogP) is 4.42. The zero-order chi connectivity index (χ0) is 12.8. The Labute approximate surface area is 107 Å². The van der Waals surface area contributed by atoms with Gasteiger partial charge in [0.25, 0.3) is 0 Å². The molecule has 1 aromatic carbocycles. The van der Waals surface area contributed by atoms with Gasteiger partial charge >= 0.3 is 0 Å². The second-order valence-corrected chi connectivity index (χ2v) is 4.71. The Hall–Kier alpha value is -0.890. The van der Waals surface area contributed by atoms with Crippen molar-refractivity contribution in [3.8, 4) is 0 Å². The van der Waals surface area contributed by atoms with E-state index < -0.39 is 5.82 Å². The molecule has 0 bridgehead atoms. The van der Waals surface area contributed by atoms with Crippen LogP contribution in [0.3, 0.4) is 0 Å². The van der Waals surface area contributed by atoms with E-state index >= 15 is 0 Å². The number of benzene rings is 1. The number of rotatable bonds is 6. The van der Waals surface area contributed by atoms with Crippen LogP contribution in [-0.2, 0) is 11.2 Å². The van der Waals surface area contributed by atoms with Crippen molar-refractivity contribution >= 4 is 17.4 Å². The van der Waals surface area contributed by atoms with E-state index in [1.54, 1.807) is 12.1 Å². The summed E-state index contributed by atoms with van der Waals surface area (Å²) in [6, 6.07) is 4.50. The molecule has 1 rings (SSSR count). The summed E-state index contributed by atoms with van der Waals surface area (Å²) in [5.41, 5.74) is 0.324. The first-order chi connectivity index (χ1) is 8.08. The fourth-order valence-corrected chi connectivity index (χ4v) is 2.10. The van der Waals surface area contributed by atoms with Crippen LogP contribution >= 0.6 is 11.6 Å². The molecule has 0 fully saturated rings. The molecule has 0 unspecified atom stereocenters. The topological polar surface area (TPSA) is 17.1 Å². The lowest BCUT2D eigenvalue weighted by molar-refractivity contribution is -0.119. The molecule has 0 aromatic heterocycles. The van der Waals surface area contributed by atoms with E-state index in [0.717, 1.165) is 12.8 Å².